The summed E-state index contributed by atoms with van der Waals surface area (Å²) in [5.41, 5.74) is 0.955. The Morgan fingerprint density at radius 1 is 1.43 bits per heavy atom. The van der Waals surface area contributed by atoms with Gasteiger partial charge in [0.25, 0.3) is 0 Å². The lowest BCUT2D eigenvalue weighted by Crippen LogP contribution is -2.17. The summed E-state index contributed by atoms with van der Waals surface area (Å²) in [4.78, 5) is 0. The number of nitrogens with one attached hydrogen (secondary N) is 1. The topological polar surface area (TPSA) is 61.7 Å². The van der Waals surface area contributed by atoms with Gasteiger partial charge in [-0.1, -0.05) is 6.07 Å². The van der Waals surface area contributed by atoms with Crippen LogP contribution in [0.2, 0.25) is 0 Å². The quantitative estimate of drug-likeness (QED) is 0.601. The molecule has 1 rings (SSSR count). The van der Waals surface area contributed by atoms with Crippen LogP contribution in [0.5, 0.6) is 11.5 Å². The Kier molecular flexibility index (Phi) is 4.22. The largest absolute Gasteiger partial charge is 0.504 e. The molecule has 14 heavy (non-hydrogen) atoms. The normalized spacial score (nSPS) is 10.1. The molecule has 0 bridgehead atoms. The number of rotatable bonds is 5. The summed E-state index contributed by atoms with van der Waals surface area (Å²) in [6.45, 7) is 1.28. The van der Waals surface area contributed by atoms with E-state index >= 15 is 0 Å². The van der Waals surface area contributed by atoms with Crippen molar-refractivity contribution in [1.29, 1.82) is 0 Å². The predicted molar refractivity (Wildman–Crippen MR) is 53.5 cm³/mol. The third-order valence-corrected chi connectivity index (χ3v) is 1.86. The van der Waals surface area contributed by atoms with E-state index in [1.165, 1.54) is 7.11 Å². The molecule has 1 aromatic rings. The molecule has 0 heterocycles. The Balaban J connectivity index is 2.57. The fraction of sp³-hybridized carbons (Fsp3) is 0.400. The smallest absolute Gasteiger partial charge is 0.160 e. The van der Waals surface area contributed by atoms with E-state index in [0.717, 1.165) is 5.56 Å². The Morgan fingerprint density at radius 3 is 2.79 bits per heavy atom. The van der Waals surface area contributed by atoms with Crippen LogP contribution in [0.3, 0.4) is 0 Å². The van der Waals surface area contributed by atoms with E-state index < -0.39 is 0 Å². The van der Waals surface area contributed by atoms with Crippen molar-refractivity contribution in [1.82, 2.24) is 5.32 Å². The zero-order valence-corrected chi connectivity index (χ0v) is 8.16. The van der Waals surface area contributed by atoms with Gasteiger partial charge in [-0.25, -0.2) is 0 Å². The molecule has 0 atom stereocenters. The Morgan fingerprint density at radius 2 is 2.21 bits per heavy atom. The van der Waals surface area contributed by atoms with Crippen LogP contribution in [0.15, 0.2) is 18.2 Å². The lowest BCUT2D eigenvalue weighted by atomic mass is 10.2. The first kappa shape index (κ1) is 10.8. The zero-order chi connectivity index (χ0) is 10.4. The summed E-state index contributed by atoms with van der Waals surface area (Å²) in [5.74, 6) is 0.603. The van der Waals surface area contributed by atoms with Crippen molar-refractivity contribution in [2.75, 3.05) is 20.3 Å². The first-order valence-corrected chi connectivity index (χ1v) is 4.45. The number of phenols is 1. The van der Waals surface area contributed by atoms with Crippen molar-refractivity contribution in [3.8, 4) is 11.5 Å². The standard InChI is InChI=1S/C10H15NO3/c1-14-10-3-2-8(6-9(10)13)7-11-4-5-12/h2-3,6,11-13H,4-5,7H2,1H3. The molecule has 1 aromatic carbocycles. The van der Waals surface area contributed by atoms with Crippen LogP contribution in [-0.4, -0.2) is 30.5 Å². The van der Waals surface area contributed by atoms with Crippen molar-refractivity contribution in [3.05, 3.63) is 23.8 Å². The van der Waals surface area contributed by atoms with E-state index in [1.54, 1.807) is 12.1 Å². The van der Waals surface area contributed by atoms with Gasteiger partial charge in [-0.3, -0.25) is 0 Å². The first-order chi connectivity index (χ1) is 6.77. The van der Waals surface area contributed by atoms with Crippen LogP contribution >= 0.6 is 0 Å². The molecule has 0 aliphatic carbocycles. The van der Waals surface area contributed by atoms with E-state index in [0.29, 0.717) is 18.8 Å². The third-order valence-electron chi connectivity index (χ3n) is 1.86. The molecule has 0 aliphatic rings. The Labute approximate surface area is 83.1 Å². The monoisotopic (exact) mass is 197 g/mol. The summed E-state index contributed by atoms with van der Waals surface area (Å²) in [6.07, 6.45) is 0. The maximum atomic E-state index is 9.45. The number of phenolic OH excluding ortho intramolecular Hbond substituents is 1. The van der Waals surface area contributed by atoms with Crippen LogP contribution in [0.1, 0.15) is 5.56 Å². The highest BCUT2D eigenvalue weighted by molar-refractivity contribution is 5.41. The summed E-state index contributed by atoms with van der Waals surface area (Å²) < 4.78 is 4.92. The highest BCUT2D eigenvalue weighted by atomic mass is 16.5. The number of aliphatic hydroxyl groups is 1. The molecule has 0 spiro atoms. The molecule has 0 unspecified atom stereocenters. The molecule has 3 N–H and O–H groups in total. The molecule has 4 heteroatoms. The van der Waals surface area contributed by atoms with Gasteiger partial charge >= 0.3 is 0 Å². The fourth-order valence-corrected chi connectivity index (χ4v) is 1.16. The van der Waals surface area contributed by atoms with Crippen molar-refractivity contribution in [2.24, 2.45) is 0 Å². The SMILES string of the molecule is COc1ccc(CNCCO)cc1O. The van der Waals surface area contributed by atoms with Crippen LogP contribution in [0.25, 0.3) is 0 Å². The molecule has 4 nitrogen and oxygen atoms in total. The highest BCUT2D eigenvalue weighted by Gasteiger charge is 2.01. The molecule has 0 amide bonds. The minimum Gasteiger partial charge on any atom is -0.504 e. The van der Waals surface area contributed by atoms with Gasteiger partial charge in [0, 0.05) is 13.1 Å². The van der Waals surface area contributed by atoms with E-state index in [-0.39, 0.29) is 12.4 Å². The van der Waals surface area contributed by atoms with Crippen molar-refractivity contribution >= 4 is 0 Å². The van der Waals surface area contributed by atoms with E-state index in [2.05, 4.69) is 5.32 Å². The molecular formula is C10H15NO3. The number of benzene rings is 1. The lowest BCUT2D eigenvalue weighted by Gasteiger charge is -2.06. The summed E-state index contributed by atoms with van der Waals surface area (Å²) in [6, 6.07) is 5.22. The van der Waals surface area contributed by atoms with Crippen LogP contribution < -0.4 is 10.1 Å². The first-order valence-electron chi connectivity index (χ1n) is 4.45. The molecule has 0 fully saturated rings. The summed E-state index contributed by atoms with van der Waals surface area (Å²) in [5, 5.41) is 21.0. The lowest BCUT2D eigenvalue weighted by molar-refractivity contribution is 0.292. The van der Waals surface area contributed by atoms with Gasteiger partial charge in [0.2, 0.25) is 0 Å². The number of ether oxygens (including phenoxy) is 1. The maximum Gasteiger partial charge on any atom is 0.160 e. The molecule has 0 saturated heterocycles. The van der Waals surface area contributed by atoms with Crippen LogP contribution in [0, 0.1) is 0 Å². The number of methoxy groups -OCH3 is 1. The van der Waals surface area contributed by atoms with Crippen LogP contribution in [0.4, 0.5) is 0 Å². The number of aliphatic hydroxyl groups excluding tert-OH is 1. The van der Waals surface area contributed by atoms with Gasteiger partial charge in [0.15, 0.2) is 11.5 Å². The Bertz CT molecular complexity index is 289. The minimum atomic E-state index is 0.113. The number of hydrogen-bond donors (Lipinski definition) is 3. The van der Waals surface area contributed by atoms with E-state index in [9.17, 15) is 5.11 Å². The molecule has 78 valence electrons. The third kappa shape index (κ3) is 2.90. The predicted octanol–water partition coefficient (Wildman–Crippen LogP) is 0.483. The zero-order valence-electron chi connectivity index (χ0n) is 8.16. The van der Waals surface area contributed by atoms with Crippen molar-refractivity contribution in [2.45, 2.75) is 6.54 Å². The van der Waals surface area contributed by atoms with Crippen LogP contribution in [-0.2, 0) is 6.54 Å². The second-order valence-corrected chi connectivity index (χ2v) is 2.91. The average molecular weight is 197 g/mol. The molecule has 0 saturated carbocycles. The summed E-state index contributed by atoms with van der Waals surface area (Å²) >= 11 is 0. The number of aromatic hydroxyl groups is 1. The van der Waals surface area contributed by atoms with Gasteiger partial charge in [0.05, 0.1) is 13.7 Å². The maximum absolute atomic E-state index is 9.45. The molecule has 0 aromatic heterocycles. The van der Waals surface area contributed by atoms with Gasteiger partial charge in [0.1, 0.15) is 0 Å². The highest BCUT2D eigenvalue weighted by Crippen LogP contribution is 2.25. The molecule has 0 radical (unpaired) electrons. The van der Waals surface area contributed by atoms with Gasteiger partial charge in [-0.05, 0) is 17.7 Å². The van der Waals surface area contributed by atoms with E-state index in [1.807, 2.05) is 6.07 Å². The molecular weight excluding hydrogens is 182 g/mol. The molecule has 0 aliphatic heterocycles. The number of hydrogen-bond acceptors (Lipinski definition) is 4. The minimum absolute atomic E-state index is 0.113. The van der Waals surface area contributed by atoms with Gasteiger partial charge in [-0.2, -0.15) is 0 Å². The second-order valence-electron chi connectivity index (χ2n) is 2.91. The van der Waals surface area contributed by atoms with Crippen molar-refractivity contribution < 1.29 is 14.9 Å². The van der Waals surface area contributed by atoms with Gasteiger partial charge in [-0.15, -0.1) is 0 Å². The fourth-order valence-electron chi connectivity index (χ4n) is 1.16. The Hall–Kier alpha value is -1.26. The van der Waals surface area contributed by atoms with Gasteiger partial charge < -0.3 is 20.3 Å². The van der Waals surface area contributed by atoms with Crippen molar-refractivity contribution in [3.63, 3.8) is 0 Å². The average Bonchev–Trinajstić information content (AvgIpc) is 2.18. The second kappa shape index (κ2) is 5.47. The summed E-state index contributed by atoms with van der Waals surface area (Å²) in [7, 11) is 1.51. The van der Waals surface area contributed by atoms with E-state index in [4.69, 9.17) is 9.84 Å².